The zero-order valence-electron chi connectivity index (χ0n) is 20.5. The number of hydrogen-bond donors (Lipinski definition) is 9. The van der Waals surface area contributed by atoms with Crippen LogP contribution in [0.4, 0.5) is 4.79 Å². The Labute approximate surface area is 213 Å². The maximum absolute atomic E-state index is 12.5. The minimum Gasteiger partial charge on any atom is -0.394 e. The number of primary amides is 3. The second-order valence-electron chi connectivity index (χ2n) is 7.74. The van der Waals surface area contributed by atoms with Gasteiger partial charge in [0.1, 0.15) is 24.7 Å². The molecule has 7 amide bonds. The van der Waals surface area contributed by atoms with Gasteiger partial charge in [-0.2, -0.15) is 0 Å². The first-order valence-corrected chi connectivity index (χ1v) is 11.5. The zero-order valence-corrected chi connectivity index (χ0v) is 20.5. The number of carbonyl (C=O) groups is 6. The van der Waals surface area contributed by atoms with Gasteiger partial charge in [0.2, 0.25) is 29.5 Å². The molecule has 212 valence electrons. The van der Waals surface area contributed by atoms with Gasteiger partial charge in [-0.3, -0.25) is 24.0 Å². The number of carbonyl (C=O) groups excluding carboxylic acids is 6. The average Bonchev–Trinajstić information content (AvgIpc) is 2.82. The highest BCUT2D eigenvalue weighted by Crippen LogP contribution is 2.01. The Morgan fingerprint density at radius 2 is 1.41 bits per heavy atom. The molecule has 0 rings (SSSR count). The van der Waals surface area contributed by atoms with E-state index in [-0.39, 0.29) is 39.4 Å². The molecule has 0 spiro atoms. The minimum absolute atomic E-state index is 0.0392. The molecule has 17 nitrogen and oxygen atoms in total. The van der Waals surface area contributed by atoms with E-state index in [2.05, 4.69) is 21.3 Å². The number of aliphatic hydroxyl groups is 1. The molecule has 0 fully saturated rings. The molecule has 3 unspecified atom stereocenters. The third-order valence-electron chi connectivity index (χ3n) is 4.63. The quantitative estimate of drug-likeness (QED) is 0.0629. The highest BCUT2D eigenvalue weighted by atomic mass is 16.5. The van der Waals surface area contributed by atoms with Crippen LogP contribution in [0.3, 0.4) is 0 Å². The highest BCUT2D eigenvalue weighted by Gasteiger charge is 2.24. The first kappa shape index (κ1) is 33.5. The standard InChI is InChI=1S/C20H38N8O9/c21-4-2-1-3-12(27-20(35)28-13(17(23)32)9-15(22)30)19(34)25-5-6-36-7-8-37-11-16(31)26-14(10-29)18(24)33/h12-14,29H,1-11,21H2,(H2,22,30)(H2,23,32)(H2,24,33)(H,25,34)(H,26,31)(H2,27,28,35). The first-order chi connectivity index (χ1) is 17.5. The summed E-state index contributed by atoms with van der Waals surface area (Å²) in [6.45, 7) is -0.286. The van der Waals surface area contributed by atoms with Crippen LogP contribution in [0.15, 0.2) is 0 Å². The molecule has 0 radical (unpaired) electrons. The zero-order chi connectivity index (χ0) is 28.2. The van der Waals surface area contributed by atoms with Crippen LogP contribution in [-0.4, -0.2) is 105 Å². The lowest BCUT2D eigenvalue weighted by atomic mass is 10.1. The van der Waals surface area contributed by atoms with Gasteiger partial charge in [-0.1, -0.05) is 0 Å². The SMILES string of the molecule is NCCCCC(NC(=O)NC(CC(N)=O)C(N)=O)C(=O)NCCOCCOCC(=O)NC(CO)C(N)=O. The molecule has 0 aromatic heterocycles. The Morgan fingerprint density at radius 3 is 1.97 bits per heavy atom. The summed E-state index contributed by atoms with van der Waals surface area (Å²) in [6.07, 6.45) is 0.921. The van der Waals surface area contributed by atoms with Crippen molar-refractivity contribution in [3.05, 3.63) is 0 Å². The van der Waals surface area contributed by atoms with Crippen molar-refractivity contribution in [2.45, 2.75) is 43.8 Å². The van der Waals surface area contributed by atoms with Crippen molar-refractivity contribution >= 4 is 35.6 Å². The molecule has 0 aliphatic carbocycles. The van der Waals surface area contributed by atoms with Crippen LogP contribution in [0.5, 0.6) is 0 Å². The molecule has 0 saturated heterocycles. The van der Waals surface area contributed by atoms with Crippen molar-refractivity contribution in [2.24, 2.45) is 22.9 Å². The number of nitrogens with one attached hydrogen (secondary N) is 4. The fourth-order valence-electron chi connectivity index (χ4n) is 2.74. The van der Waals surface area contributed by atoms with Crippen molar-refractivity contribution in [2.75, 3.05) is 46.1 Å². The molecule has 17 heteroatoms. The molecular formula is C20H38N8O9. The maximum Gasteiger partial charge on any atom is 0.316 e. The van der Waals surface area contributed by atoms with E-state index >= 15 is 0 Å². The third kappa shape index (κ3) is 16.7. The molecular weight excluding hydrogens is 496 g/mol. The fourth-order valence-corrected chi connectivity index (χ4v) is 2.74. The van der Waals surface area contributed by atoms with Crippen LogP contribution in [-0.2, 0) is 33.4 Å². The summed E-state index contributed by atoms with van der Waals surface area (Å²) in [5.41, 5.74) is 20.6. The summed E-state index contributed by atoms with van der Waals surface area (Å²) in [5, 5.41) is 18.4. The highest BCUT2D eigenvalue weighted by molar-refractivity contribution is 5.92. The van der Waals surface area contributed by atoms with Crippen molar-refractivity contribution < 1.29 is 43.3 Å². The topological polar surface area (TPSA) is 293 Å². The van der Waals surface area contributed by atoms with Gasteiger partial charge in [-0.05, 0) is 25.8 Å². The fraction of sp³-hybridized carbons (Fsp3) is 0.700. The molecule has 37 heavy (non-hydrogen) atoms. The Morgan fingerprint density at radius 1 is 0.784 bits per heavy atom. The van der Waals surface area contributed by atoms with E-state index in [9.17, 15) is 28.8 Å². The van der Waals surface area contributed by atoms with Crippen LogP contribution in [0, 0.1) is 0 Å². The van der Waals surface area contributed by atoms with Crippen LogP contribution in [0.1, 0.15) is 25.7 Å². The van der Waals surface area contributed by atoms with E-state index in [1.54, 1.807) is 0 Å². The molecule has 0 saturated carbocycles. The third-order valence-corrected chi connectivity index (χ3v) is 4.63. The summed E-state index contributed by atoms with van der Waals surface area (Å²) in [6, 6.07) is -4.36. The molecule has 0 bridgehead atoms. The number of rotatable bonds is 21. The number of hydrogen-bond acceptors (Lipinski definition) is 10. The summed E-state index contributed by atoms with van der Waals surface area (Å²) in [4.78, 5) is 69.7. The number of amides is 7. The lowest BCUT2D eigenvalue weighted by molar-refractivity contribution is -0.131. The average molecular weight is 535 g/mol. The van der Waals surface area contributed by atoms with Crippen molar-refractivity contribution in [1.82, 2.24) is 21.3 Å². The van der Waals surface area contributed by atoms with E-state index < -0.39 is 66.7 Å². The summed E-state index contributed by atoms with van der Waals surface area (Å²) >= 11 is 0. The van der Waals surface area contributed by atoms with Crippen molar-refractivity contribution in [1.29, 1.82) is 0 Å². The Kier molecular flexibility index (Phi) is 17.7. The van der Waals surface area contributed by atoms with Crippen molar-refractivity contribution in [3.63, 3.8) is 0 Å². The van der Waals surface area contributed by atoms with Crippen molar-refractivity contribution in [3.8, 4) is 0 Å². The van der Waals surface area contributed by atoms with E-state index in [1.165, 1.54) is 0 Å². The number of ether oxygens (including phenoxy) is 2. The maximum atomic E-state index is 12.5. The van der Waals surface area contributed by atoms with Gasteiger partial charge in [-0.15, -0.1) is 0 Å². The molecule has 0 heterocycles. The first-order valence-electron chi connectivity index (χ1n) is 11.5. The Hall–Kier alpha value is -3.54. The second kappa shape index (κ2) is 19.6. The predicted molar refractivity (Wildman–Crippen MR) is 128 cm³/mol. The lowest BCUT2D eigenvalue weighted by Crippen LogP contribution is -2.55. The van der Waals surface area contributed by atoms with Gasteiger partial charge < -0.3 is 58.8 Å². The normalized spacial score (nSPS) is 13.0. The van der Waals surface area contributed by atoms with E-state index in [0.717, 1.165) is 0 Å². The molecule has 0 aliphatic rings. The van der Waals surface area contributed by atoms with Gasteiger partial charge in [0, 0.05) is 6.54 Å². The predicted octanol–water partition coefficient (Wildman–Crippen LogP) is -5.38. The van der Waals surface area contributed by atoms with Gasteiger partial charge in [0.15, 0.2) is 0 Å². The van der Waals surface area contributed by atoms with E-state index in [1.807, 2.05) is 0 Å². The molecule has 13 N–H and O–H groups in total. The number of urea groups is 1. The van der Waals surface area contributed by atoms with Crippen LogP contribution < -0.4 is 44.2 Å². The minimum atomic E-state index is -1.33. The Balaban J connectivity index is 4.40. The number of nitrogens with two attached hydrogens (primary N) is 4. The molecule has 0 aromatic rings. The molecule has 3 atom stereocenters. The summed E-state index contributed by atoms with van der Waals surface area (Å²) < 4.78 is 10.4. The number of aliphatic hydroxyl groups excluding tert-OH is 1. The monoisotopic (exact) mass is 534 g/mol. The van der Waals surface area contributed by atoms with Crippen LogP contribution >= 0.6 is 0 Å². The largest absolute Gasteiger partial charge is 0.394 e. The summed E-state index contributed by atoms with van der Waals surface area (Å²) in [7, 11) is 0. The van der Waals surface area contributed by atoms with Gasteiger partial charge >= 0.3 is 6.03 Å². The van der Waals surface area contributed by atoms with Gasteiger partial charge in [-0.25, -0.2) is 4.79 Å². The summed E-state index contributed by atoms with van der Waals surface area (Å²) in [5.74, 6) is -3.83. The van der Waals surface area contributed by atoms with E-state index in [4.69, 9.17) is 37.5 Å². The molecule has 0 aliphatic heterocycles. The lowest BCUT2D eigenvalue weighted by Gasteiger charge is -2.21. The van der Waals surface area contributed by atoms with Gasteiger partial charge in [0.05, 0.1) is 32.8 Å². The Bertz CT molecular complexity index is 768. The van der Waals surface area contributed by atoms with Crippen LogP contribution in [0.2, 0.25) is 0 Å². The smallest absolute Gasteiger partial charge is 0.316 e. The van der Waals surface area contributed by atoms with Gasteiger partial charge in [0.25, 0.3) is 0 Å². The second-order valence-corrected chi connectivity index (χ2v) is 7.74. The van der Waals surface area contributed by atoms with E-state index in [0.29, 0.717) is 19.4 Å². The number of unbranched alkanes of at least 4 members (excludes halogenated alkanes) is 1. The van der Waals surface area contributed by atoms with Crippen LogP contribution in [0.25, 0.3) is 0 Å². The molecule has 0 aromatic carbocycles.